The molecule has 0 heterocycles. The first kappa shape index (κ1) is 20.6. The van der Waals surface area contributed by atoms with Crippen LogP contribution in [0, 0.1) is 46.3 Å². The van der Waals surface area contributed by atoms with Crippen LogP contribution in [0.1, 0.15) is 64.7 Å². The summed E-state index contributed by atoms with van der Waals surface area (Å²) < 4.78 is 45.0. The fourth-order valence-corrected chi connectivity index (χ4v) is 8.03. The summed E-state index contributed by atoms with van der Waals surface area (Å²) >= 11 is 0. The van der Waals surface area contributed by atoms with E-state index in [4.69, 9.17) is 10.1 Å². The highest BCUT2D eigenvalue weighted by Crippen LogP contribution is 2.65. The van der Waals surface area contributed by atoms with Crippen LogP contribution < -0.4 is 0 Å². The zero-order valence-electron chi connectivity index (χ0n) is 17.0. The zero-order valence-corrected chi connectivity index (χ0v) is 17.0. The normalized spacial score (nSPS) is 48.5. The fraction of sp³-hybridized carbons (Fsp3) is 0.955. The van der Waals surface area contributed by atoms with Crippen molar-refractivity contribution in [3.05, 3.63) is 0 Å². The molecular formula is C22H34F3NO2. The number of methoxy groups -OCH3 is 1. The standard InChI is InChI=1S/C22H34F3NO2/c1-20-9-7-15-14-8-10-21(27,12-28-2)11-13(14)3-4-16(15)17(20)5-6-18(20)19(26)22(23,24)25/h13-18,26-27H,3-12H2,1-2H3/t13?,14?,15?,16?,17?,18?,20?,21-/m1/s1. The minimum absolute atomic E-state index is 0.319. The Labute approximate surface area is 165 Å². The van der Waals surface area contributed by atoms with Gasteiger partial charge in [0, 0.05) is 13.0 Å². The molecule has 0 aliphatic heterocycles. The smallest absolute Gasteiger partial charge is 0.387 e. The second kappa shape index (κ2) is 6.97. The van der Waals surface area contributed by atoms with Gasteiger partial charge in [0.25, 0.3) is 0 Å². The highest BCUT2D eigenvalue weighted by Gasteiger charge is 2.60. The van der Waals surface area contributed by atoms with Crippen LogP contribution in [0.15, 0.2) is 0 Å². The molecule has 7 unspecified atom stereocenters. The number of halogens is 3. The molecule has 0 aromatic rings. The summed E-state index contributed by atoms with van der Waals surface area (Å²) in [6.07, 6.45) is 3.40. The summed E-state index contributed by atoms with van der Waals surface area (Å²) in [7, 11) is 1.64. The average molecular weight is 402 g/mol. The lowest BCUT2D eigenvalue weighted by Crippen LogP contribution is -2.52. The van der Waals surface area contributed by atoms with Gasteiger partial charge >= 0.3 is 6.18 Å². The predicted molar refractivity (Wildman–Crippen MR) is 101 cm³/mol. The SMILES string of the molecule is COC[C@@]1(O)CCC2C(CCC3C2CCC2(C)C(C(=N)C(F)(F)F)CCC32)C1. The second-order valence-corrected chi connectivity index (χ2v) is 10.4. The second-order valence-electron chi connectivity index (χ2n) is 10.4. The van der Waals surface area contributed by atoms with Crippen molar-refractivity contribution < 1.29 is 23.0 Å². The van der Waals surface area contributed by atoms with Crippen molar-refractivity contribution in [2.75, 3.05) is 13.7 Å². The van der Waals surface area contributed by atoms with Gasteiger partial charge in [0.2, 0.25) is 0 Å². The van der Waals surface area contributed by atoms with E-state index in [-0.39, 0.29) is 5.41 Å². The summed E-state index contributed by atoms with van der Waals surface area (Å²) in [6.45, 7) is 2.43. The molecule has 4 rings (SSSR count). The Kier molecular flexibility index (Phi) is 5.14. The largest absolute Gasteiger partial charge is 0.429 e. The molecule has 8 atom stereocenters. The Morgan fingerprint density at radius 3 is 2.43 bits per heavy atom. The first-order chi connectivity index (χ1) is 13.1. The molecule has 4 aliphatic carbocycles. The summed E-state index contributed by atoms with van der Waals surface area (Å²) in [6, 6.07) is 0. The van der Waals surface area contributed by atoms with Gasteiger partial charge < -0.3 is 15.3 Å². The third-order valence-electron chi connectivity index (χ3n) is 9.17. The van der Waals surface area contributed by atoms with Crippen molar-refractivity contribution >= 4 is 5.71 Å². The Morgan fingerprint density at radius 1 is 1.04 bits per heavy atom. The number of hydrogen-bond donors (Lipinski definition) is 2. The average Bonchev–Trinajstić information content (AvgIpc) is 2.96. The minimum atomic E-state index is -4.49. The molecule has 3 nitrogen and oxygen atoms in total. The highest BCUT2D eigenvalue weighted by molar-refractivity contribution is 5.90. The maximum absolute atomic E-state index is 13.3. The van der Waals surface area contributed by atoms with Crippen molar-refractivity contribution in [2.24, 2.45) is 40.9 Å². The van der Waals surface area contributed by atoms with E-state index < -0.39 is 23.4 Å². The van der Waals surface area contributed by atoms with Crippen molar-refractivity contribution in [3.8, 4) is 0 Å². The Hall–Kier alpha value is -0.620. The number of fused-ring (bicyclic) bond motifs is 5. The molecule has 4 fully saturated rings. The molecule has 6 heteroatoms. The third-order valence-corrected chi connectivity index (χ3v) is 9.17. The molecule has 160 valence electrons. The van der Waals surface area contributed by atoms with Gasteiger partial charge in [-0.2, -0.15) is 13.2 Å². The van der Waals surface area contributed by atoms with Crippen LogP contribution in [0.2, 0.25) is 0 Å². The van der Waals surface area contributed by atoms with Gasteiger partial charge in [-0.15, -0.1) is 0 Å². The van der Waals surface area contributed by atoms with Crippen LogP contribution >= 0.6 is 0 Å². The Morgan fingerprint density at radius 2 is 1.75 bits per heavy atom. The van der Waals surface area contributed by atoms with Gasteiger partial charge in [-0.1, -0.05) is 6.92 Å². The van der Waals surface area contributed by atoms with Crippen LogP contribution in [0.25, 0.3) is 0 Å². The van der Waals surface area contributed by atoms with Gasteiger partial charge in [-0.05, 0) is 92.8 Å². The molecule has 4 saturated carbocycles. The van der Waals surface area contributed by atoms with E-state index in [1.165, 1.54) is 0 Å². The number of nitrogens with one attached hydrogen (secondary N) is 1. The third kappa shape index (κ3) is 3.23. The van der Waals surface area contributed by atoms with Gasteiger partial charge in [-0.3, -0.25) is 0 Å². The molecule has 0 aromatic heterocycles. The first-order valence-corrected chi connectivity index (χ1v) is 11.0. The van der Waals surface area contributed by atoms with E-state index in [1.54, 1.807) is 7.11 Å². The van der Waals surface area contributed by atoms with Gasteiger partial charge in [0.05, 0.1) is 12.2 Å². The monoisotopic (exact) mass is 401 g/mol. The molecule has 28 heavy (non-hydrogen) atoms. The number of ether oxygens (including phenoxy) is 1. The lowest BCUT2D eigenvalue weighted by atomic mass is 9.49. The number of alkyl halides is 3. The summed E-state index contributed by atoms with van der Waals surface area (Å²) in [5.74, 6) is 1.89. The molecule has 0 spiro atoms. The van der Waals surface area contributed by atoms with E-state index in [9.17, 15) is 18.3 Å². The lowest BCUT2D eigenvalue weighted by molar-refractivity contribution is -0.124. The van der Waals surface area contributed by atoms with Crippen molar-refractivity contribution in [3.63, 3.8) is 0 Å². The molecule has 0 saturated heterocycles. The summed E-state index contributed by atoms with van der Waals surface area (Å²) in [4.78, 5) is 0. The quantitative estimate of drug-likeness (QED) is 0.638. The van der Waals surface area contributed by atoms with Gasteiger partial charge in [-0.25, -0.2) is 0 Å². The first-order valence-electron chi connectivity index (χ1n) is 11.0. The van der Waals surface area contributed by atoms with E-state index >= 15 is 0 Å². The minimum Gasteiger partial charge on any atom is -0.387 e. The van der Waals surface area contributed by atoms with Crippen LogP contribution in [-0.4, -0.2) is 36.3 Å². The van der Waals surface area contributed by atoms with E-state index in [0.29, 0.717) is 42.6 Å². The van der Waals surface area contributed by atoms with E-state index in [2.05, 4.69) is 0 Å². The molecule has 2 N–H and O–H groups in total. The van der Waals surface area contributed by atoms with Gasteiger partial charge in [0.15, 0.2) is 0 Å². The summed E-state index contributed by atoms with van der Waals surface area (Å²) in [5.41, 5.74) is -2.06. The molecule has 4 aliphatic rings. The number of rotatable bonds is 3. The summed E-state index contributed by atoms with van der Waals surface area (Å²) in [5, 5.41) is 18.6. The predicted octanol–water partition coefficient (Wildman–Crippen LogP) is 5.21. The Balaban J connectivity index is 1.50. The van der Waals surface area contributed by atoms with Crippen LogP contribution in [0.3, 0.4) is 0 Å². The van der Waals surface area contributed by atoms with Crippen molar-refractivity contribution in [2.45, 2.75) is 76.5 Å². The maximum Gasteiger partial charge on any atom is 0.429 e. The molecular weight excluding hydrogens is 367 g/mol. The van der Waals surface area contributed by atoms with Crippen molar-refractivity contribution in [1.82, 2.24) is 0 Å². The molecule has 0 bridgehead atoms. The van der Waals surface area contributed by atoms with E-state index in [1.807, 2.05) is 6.92 Å². The van der Waals surface area contributed by atoms with E-state index in [0.717, 1.165) is 51.4 Å². The highest BCUT2D eigenvalue weighted by atomic mass is 19.4. The van der Waals surface area contributed by atoms with Gasteiger partial charge in [0.1, 0.15) is 5.71 Å². The number of aliphatic hydroxyl groups is 1. The van der Waals surface area contributed by atoms with Crippen LogP contribution in [0.5, 0.6) is 0 Å². The van der Waals surface area contributed by atoms with Crippen LogP contribution in [0.4, 0.5) is 13.2 Å². The van der Waals surface area contributed by atoms with Crippen molar-refractivity contribution in [1.29, 1.82) is 5.41 Å². The molecule has 0 amide bonds. The molecule has 0 aromatic carbocycles. The number of hydrogen-bond acceptors (Lipinski definition) is 3. The topological polar surface area (TPSA) is 53.3 Å². The zero-order chi connectivity index (χ0) is 20.3. The molecule has 0 radical (unpaired) electrons. The lowest BCUT2D eigenvalue weighted by Gasteiger charge is -2.57. The fourth-order valence-electron chi connectivity index (χ4n) is 8.03. The Bertz CT molecular complexity index is 623. The van der Waals surface area contributed by atoms with Crippen LogP contribution in [-0.2, 0) is 4.74 Å². The maximum atomic E-state index is 13.3.